The summed E-state index contributed by atoms with van der Waals surface area (Å²) in [5.74, 6) is -0.751. The number of anilines is 1. The van der Waals surface area contributed by atoms with Gasteiger partial charge in [0.05, 0.1) is 24.0 Å². The molecule has 2 N–H and O–H groups in total. The lowest BCUT2D eigenvalue weighted by molar-refractivity contribution is -0.120. The Morgan fingerprint density at radius 1 is 1.20 bits per heavy atom. The maximum absolute atomic E-state index is 14.6. The number of carbonyl (C=O) groups excluding carboxylic acids is 1. The highest BCUT2D eigenvalue weighted by Crippen LogP contribution is 2.35. The van der Waals surface area contributed by atoms with Gasteiger partial charge in [0.2, 0.25) is 11.7 Å². The van der Waals surface area contributed by atoms with Crippen molar-refractivity contribution in [2.24, 2.45) is 11.8 Å². The Labute approximate surface area is 234 Å². The molecule has 210 valence electrons. The number of benzene rings is 1. The Hall–Kier alpha value is -3.40. The second-order valence-corrected chi connectivity index (χ2v) is 11.5. The number of nitrogens with one attached hydrogen (secondary N) is 2. The molecule has 13 heteroatoms. The lowest BCUT2D eigenvalue weighted by Crippen LogP contribution is -2.49. The summed E-state index contributed by atoms with van der Waals surface area (Å²) in [6, 6.07) is 6.90. The number of ether oxygens (including phenoxy) is 1. The first-order chi connectivity index (χ1) is 18.5. The van der Waals surface area contributed by atoms with Crippen LogP contribution in [0.15, 0.2) is 48.9 Å². The summed E-state index contributed by atoms with van der Waals surface area (Å²) in [7, 11) is 7.08. The van der Waals surface area contributed by atoms with Crippen LogP contribution in [0.3, 0.4) is 0 Å². The summed E-state index contributed by atoms with van der Waals surface area (Å²) in [5, 5.41) is 10.5. The highest BCUT2D eigenvalue weighted by molar-refractivity contribution is 7.17. The van der Waals surface area contributed by atoms with Crippen LogP contribution in [0.5, 0.6) is 5.75 Å². The maximum Gasteiger partial charge on any atom is 0.316 e. The number of alkyl halides is 3. The van der Waals surface area contributed by atoms with E-state index in [1.54, 1.807) is 32.0 Å². The van der Waals surface area contributed by atoms with Crippen LogP contribution < -0.4 is 15.4 Å². The largest absolute Gasteiger partial charge is 0.485 e. The van der Waals surface area contributed by atoms with E-state index in [1.165, 1.54) is 33.2 Å². The molecule has 4 rings (SSSR count). The van der Waals surface area contributed by atoms with E-state index < -0.39 is 22.7 Å². The van der Waals surface area contributed by atoms with Crippen LogP contribution in [-0.4, -0.2) is 51.2 Å². The second kappa shape index (κ2) is 10.5. The van der Waals surface area contributed by atoms with Crippen LogP contribution in [-0.2, 0) is 10.5 Å². The molecule has 1 fully saturated rings. The van der Waals surface area contributed by atoms with Gasteiger partial charge in [-0.3, -0.25) is 9.18 Å². The molecule has 8 nitrogen and oxygen atoms in total. The molecule has 1 saturated heterocycles. The molecule has 1 aliphatic heterocycles. The first-order valence-corrected chi connectivity index (χ1v) is 13.2. The van der Waals surface area contributed by atoms with Gasteiger partial charge in [0.25, 0.3) is 0 Å². The van der Waals surface area contributed by atoms with E-state index >= 15 is 0 Å². The topological polar surface area (TPSA) is 94.0 Å². The third-order valence-electron chi connectivity index (χ3n) is 7.08. The van der Waals surface area contributed by atoms with E-state index in [9.17, 15) is 18.0 Å². The molecular formula is C27H31BF3N6O2P. The standard InChI is InChI=1S/C27H31BF3N6O2P/c1-14-7-17(9-19(8-14)39-25(4,5)26(6,28)29)21-10-22(35-23(38)20-13-32-16(3)15(20)2)36-37(21)18-11-33-24(34-12-18)27(30,31)40/h7-12,15,20,32H,3,13,40H2,1-2,4-6H3,(H,35,36,38)/t15?,20-,26?/m0/s1. The molecule has 2 aromatic heterocycles. The van der Waals surface area contributed by atoms with Crippen LogP contribution >= 0.6 is 9.24 Å². The van der Waals surface area contributed by atoms with Gasteiger partial charge < -0.3 is 15.4 Å². The van der Waals surface area contributed by atoms with Crippen LogP contribution in [0.4, 0.5) is 19.0 Å². The third-order valence-corrected chi connectivity index (χ3v) is 7.34. The number of hydrogen-bond donors (Lipinski definition) is 2. The van der Waals surface area contributed by atoms with Crippen LogP contribution in [0, 0.1) is 18.8 Å². The van der Waals surface area contributed by atoms with Gasteiger partial charge in [-0.2, -0.15) is 8.78 Å². The SMILES string of the molecule is [B]C(C)(F)C(C)(C)Oc1cc(C)cc(-c2cc(NC(=O)[C@H]3CNC(=C)C3C)nn2-c2cnc(C(F)(F)P)nc2)c1. The Morgan fingerprint density at radius 2 is 1.85 bits per heavy atom. The monoisotopic (exact) mass is 570 g/mol. The highest BCUT2D eigenvalue weighted by atomic mass is 31.0. The molecule has 3 heterocycles. The zero-order valence-corrected chi connectivity index (χ0v) is 24.1. The molecule has 0 bridgehead atoms. The summed E-state index contributed by atoms with van der Waals surface area (Å²) in [5.41, 5.74) is -3.86. The average Bonchev–Trinajstić information content (AvgIpc) is 3.40. The molecule has 1 aromatic carbocycles. The molecule has 0 aliphatic carbocycles. The smallest absolute Gasteiger partial charge is 0.316 e. The minimum Gasteiger partial charge on any atom is -0.485 e. The van der Waals surface area contributed by atoms with Crippen molar-refractivity contribution in [3.8, 4) is 22.7 Å². The van der Waals surface area contributed by atoms with Crippen molar-refractivity contribution in [1.82, 2.24) is 25.1 Å². The number of hydrogen-bond acceptors (Lipinski definition) is 6. The fourth-order valence-electron chi connectivity index (χ4n) is 4.16. The Morgan fingerprint density at radius 3 is 2.40 bits per heavy atom. The summed E-state index contributed by atoms with van der Waals surface area (Å²) in [6.45, 7) is 12.4. The molecule has 2 radical (unpaired) electrons. The van der Waals surface area contributed by atoms with Crippen LogP contribution in [0.2, 0.25) is 0 Å². The molecular weight excluding hydrogens is 539 g/mol. The predicted octanol–water partition coefficient (Wildman–Crippen LogP) is 4.88. The number of rotatable bonds is 8. The fraction of sp³-hybridized carbons (Fsp3) is 0.407. The summed E-state index contributed by atoms with van der Waals surface area (Å²) < 4.78 is 49.4. The minimum absolute atomic E-state index is 0.0698. The van der Waals surface area contributed by atoms with Crippen molar-refractivity contribution >= 4 is 28.8 Å². The lowest BCUT2D eigenvalue weighted by Gasteiger charge is -2.36. The normalized spacial score (nSPS) is 19.2. The van der Waals surface area contributed by atoms with Crippen molar-refractivity contribution < 1.29 is 22.7 Å². The molecule has 0 spiro atoms. The van der Waals surface area contributed by atoms with Crippen molar-refractivity contribution in [3.63, 3.8) is 0 Å². The van der Waals surface area contributed by atoms with Crippen molar-refractivity contribution in [3.05, 3.63) is 60.3 Å². The number of nitrogens with zero attached hydrogens (tertiary/aromatic N) is 4. The fourth-order valence-corrected chi connectivity index (χ4v) is 4.31. The zero-order valence-electron chi connectivity index (χ0n) is 22.9. The molecule has 1 aliphatic rings. The summed E-state index contributed by atoms with van der Waals surface area (Å²) in [4.78, 5) is 20.6. The van der Waals surface area contributed by atoms with Gasteiger partial charge in [0.1, 0.15) is 30.5 Å². The van der Waals surface area contributed by atoms with Crippen LogP contribution in [0.1, 0.15) is 39.1 Å². The van der Waals surface area contributed by atoms with E-state index in [0.717, 1.165) is 11.3 Å². The highest BCUT2D eigenvalue weighted by Gasteiger charge is 2.39. The molecule has 40 heavy (non-hydrogen) atoms. The predicted molar refractivity (Wildman–Crippen MR) is 151 cm³/mol. The number of aromatic nitrogens is 4. The minimum atomic E-state index is -3.30. The lowest BCUT2D eigenvalue weighted by atomic mass is 9.73. The number of halogens is 3. The molecule has 1 amide bonds. The van der Waals surface area contributed by atoms with Gasteiger partial charge in [0.15, 0.2) is 5.82 Å². The number of aryl methyl sites for hydroxylation is 1. The van der Waals surface area contributed by atoms with E-state index in [-0.39, 0.29) is 29.2 Å². The maximum atomic E-state index is 14.6. The zero-order chi connectivity index (χ0) is 29.6. The second-order valence-electron chi connectivity index (χ2n) is 10.7. The Balaban J connectivity index is 1.77. The number of carbonyl (C=O) groups is 1. The molecule has 3 aromatic rings. The third kappa shape index (κ3) is 6.17. The van der Waals surface area contributed by atoms with Crippen molar-refractivity contribution in [1.29, 1.82) is 0 Å². The summed E-state index contributed by atoms with van der Waals surface area (Å²) in [6.07, 6.45) is 2.43. The molecule has 0 saturated carbocycles. The molecule has 4 atom stereocenters. The van der Waals surface area contributed by atoms with Gasteiger partial charge in [-0.1, -0.05) is 22.7 Å². The number of amides is 1. The quantitative estimate of drug-likeness (QED) is 0.296. The van der Waals surface area contributed by atoms with Crippen molar-refractivity contribution in [2.75, 3.05) is 11.9 Å². The van der Waals surface area contributed by atoms with Gasteiger partial charge in [-0.25, -0.2) is 14.6 Å². The van der Waals surface area contributed by atoms with E-state index in [4.69, 9.17) is 12.6 Å². The van der Waals surface area contributed by atoms with Gasteiger partial charge in [-0.15, -0.1) is 5.10 Å². The molecule has 3 unspecified atom stereocenters. The average molecular weight is 570 g/mol. The van der Waals surface area contributed by atoms with Gasteiger partial charge >= 0.3 is 5.66 Å². The first kappa shape index (κ1) is 29.6. The van der Waals surface area contributed by atoms with Gasteiger partial charge in [0, 0.05) is 29.8 Å². The van der Waals surface area contributed by atoms with Gasteiger partial charge in [-0.05, 0) is 51.5 Å². The van der Waals surface area contributed by atoms with E-state index in [1.807, 2.05) is 19.9 Å². The Bertz CT molecular complexity index is 1430. The van der Waals surface area contributed by atoms with E-state index in [0.29, 0.717) is 23.6 Å². The Kier molecular flexibility index (Phi) is 7.79. The van der Waals surface area contributed by atoms with Crippen LogP contribution in [0.25, 0.3) is 16.9 Å². The van der Waals surface area contributed by atoms with Crippen molar-refractivity contribution in [2.45, 2.75) is 51.5 Å². The summed E-state index contributed by atoms with van der Waals surface area (Å²) >= 11 is 0. The number of allylic oxidation sites excluding steroid dienone is 1. The first-order valence-electron chi connectivity index (χ1n) is 12.6. The van der Waals surface area contributed by atoms with E-state index in [2.05, 4.69) is 32.3 Å².